The highest BCUT2D eigenvalue weighted by atomic mass is 32.2. The van der Waals surface area contributed by atoms with Crippen LogP contribution in [0.5, 0.6) is 0 Å². The molecule has 0 atom stereocenters. The summed E-state index contributed by atoms with van der Waals surface area (Å²) in [5.41, 5.74) is 17.2. The van der Waals surface area contributed by atoms with Gasteiger partial charge in [-0.3, -0.25) is 4.57 Å². The van der Waals surface area contributed by atoms with E-state index in [1.54, 1.807) is 11.9 Å². The lowest BCUT2D eigenvalue weighted by molar-refractivity contribution is 0.446. The molecule has 1 aromatic heterocycles. The number of hydrogen-bond donors (Lipinski definition) is 3. The molecule has 0 spiro atoms. The molecule has 0 radical (unpaired) electrons. The van der Waals surface area contributed by atoms with Crippen LogP contribution >= 0.6 is 11.9 Å². The number of hydrazine groups is 1. The second-order valence-corrected chi connectivity index (χ2v) is 7.75. The smallest absolute Gasteiger partial charge is 0.233 e. The van der Waals surface area contributed by atoms with Gasteiger partial charge in [0.2, 0.25) is 5.95 Å². The van der Waals surface area contributed by atoms with E-state index in [9.17, 15) is 0 Å². The third kappa shape index (κ3) is 5.17. The van der Waals surface area contributed by atoms with Gasteiger partial charge in [0.25, 0.3) is 0 Å². The summed E-state index contributed by atoms with van der Waals surface area (Å²) in [5.74, 6) is 1.12. The summed E-state index contributed by atoms with van der Waals surface area (Å²) < 4.78 is 4.20. The van der Waals surface area contributed by atoms with Gasteiger partial charge >= 0.3 is 0 Å². The van der Waals surface area contributed by atoms with Crippen molar-refractivity contribution in [3.63, 3.8) is 0 Å². The standard InChI is InChI=1S/C21H30N8S/c1-5-23-20-12-18(25-21(28(20)3)26-19(13-22)27-24-6-2)16-8-7-15-9-10-29(30-4)14-17(15)11-16/h5,7-8,11-12,24H,1,6,9-10,13-14,22H2,2-4H3,(H,25,26,27). The van der Waals surface area contributed by atoms with E-state index in [2.05, 4.69) is 56.2 Å². The number of nitrogens with zero attached hydrogens (tertiary/aromatic N) is 5. The number of aliphatic imine (C=N–C) groups is 1. The summed E-state index contributed by atoms with van der Waals surface area (Å²) in [4.78, 5) is 13.8. The minimum absolute atomic E-state index is 0.260. The fourth-order valence-electron chi connectivity index (χ4n) is 3.28. The molecule has 0 bridgehead atoms. The average Bonchev–Trinajstić information content (AvgIpc) is 2.78. The summed E-state index contributed by atoms with van der Waals surface area (Å²) in [6, 6.07) is 8.52. The lowest BCUT2D eigenvalue weighted by Crippen LogP contribution is -2.41. The quantitative estimate of drug-likeness (QED) is 0.271. The van der Waals surface area contributed by atoms with Gasteiger partial charge in [-0.1, -0.05) is 37.6 Å². The van der Waals surface area contributed by atoms with Crippen LogP contribution in [0.4, 0.5) is 5.95 Å². The first-order chi connectivity index (χ1) is 14.6. The minimum atomic E-state index is 0.260. The number of amidine groups is 1. The molecule has 2 heterocycles. The zero-order chi connectivity index (χ0) is 21.5. The highest BCUT2D eigenvalue weighted by molar-refractivity contribution is 7.96. The van der Waals surface area contributed by atoms with Crippen molar-refractivity contribution < 1.29 is 0 Å². The van der Waals surface area contributed by atoms with E-state index in [0.717, 1.165) is 42.8 Å². The zero-order valence-electron chi connectivity index (χ0n) is 17.9. The van der Waals surface area contributed by atoms with Crippen molar-refractivity contribution in [1.82, 2.24) is 24.7 Å². The molecule has 0 amide bonds. The van der Waals surface area contributed by atoms with Crippen molar-refractivity contribution in [2.24, 2.45) is 22.8 Å². The van der Waals surface area contributed by atoms with Crippen LogP contribution in [0.1, 0.15) is 18.1 Å². The average molecular weight is 427 g/mol. The molecule has 0 saturated carbocycles. The zero-order valence-corrected chi connectivity index (χ0v) is 18.7. The summed E-state index contributed by atoms with van der Waals surface area (Å²) in [7, 11) is 1.88. The molecule has 3 rings (SSSR count). The normalized spacial score (nSPS) is 15.2. The Morgan fingerprint density at radius 1 is 1.37 bits per heavy atom. The Balaban J connectivity index is 2.07. The monoisotopic (exact) mass is 426 g/mol. The van der Waals surface area contributed by atoms with Gasteiger partial charge in [0.1, 0.15) is 11.3 Å². The van der Waals surface area contributed by atoms with E-state index >= 15 is 0 Å². The maximum atomic E-state index is 5.84. The van der Waals surface area contributed by atoms with Crippen LogP contribution in [0.2, 0.25) is 0 Å². The molecule has 1 aliphatic heterocycles. The Morgan fingerprint density at radius 3 is 2.90 bits per heavy atom. The van der Waals surface area contributed by atoms with E-state index in [1.165, 1.54) is 17.3 Å². The van der Waals surface area contributed by atoms with Crippen LogP contribution < -0.4 is 22.1 Å². The molecular weight excluding hydrogens is 396 g/mol. The van der Waals surface area contributed by atoms with E-state index < -0.39 is 0 Å². The van der Waals surface area contributed by atoms with Gasteiger partial charge < -0.3 is 11.2 Å². The molecule has 30 heavy (non-hydrogen) atoms. The molecule has 0 fully saturated rings. The van der Waals surface area contributed by atoms with Gasteiger partial charge in [-0.25, -0.2) is 19.7 Å². The fourth-order valence-corrected chi connectivity index (χ4v) is 3.83. The van der Waals surface area contributed by atoms with Crippen LogP contribution in [-0.4, -0.2) is 45.6 Å². The molecule has 0 saturated heterocycles. The minimum Gasteiger partial charge on any atom is -0.324 e. The van der Waals surface area contributed by atoms with Gasteiger partial charge in [-0.15, -0.1) is 0 Å². The molecular formula is C21H30N8S. The Bertz CT molecular complexity index is 995. The SMILES string of the molecule is C=CN=c1cc(-c2ccc3c(c2)CN(SC)CC3)nc(/N=C(\CN)NNCC)n1C. The van der Waals surface area contributed by atoms with E-state index in [-0.39, 0.29) is 6.54 Å². The Labute approximate surface area is 182 Å². The predicted octanol–water partition coefficient (Wildman–Crippen LogP) is 1.87. The molecule has 1 aromatic carbocycles. The highest BCUT2D eigenvalue weighted by Crippen LogP contribution is 2.27. The number of aromatic nitrogens is 2. The lowest BCUT2D eigenvalue weighted by Gasteiger charge is -2.26. The molecule has 160 valence electrons. The second-order valence-electron chi connectivity index (χ2n) is 6.87. The van der Waals surface area contributed by atoms with Crippen molar-refractivity contribution in [1.29, 1.82) is 0 Å². The first-order valence-electron chi connectivity index (χ1n) is 10.00. The molecule has 4 N–H and O–H groups in total. The third-order valence-electron chi connectivity index (χ3n) is 4.93. The number of nitrogens with two attached hydrogens (primary N) is 1. The van der Waals surface area contributed by atoms with Gasteiger partial charge in [0, 0.05) is 44.5 Å². The fraction of sp³-hybridized carbons (Fsp3) is 0.381. The maximum Gasteiger partial charge on any atom is 0.233 e. The number of benzene rings is 1. The second kappa shape index (κ2) is 10.5. The lowest BCUT2D eigenvalue weighted by atomic mass is 9.97. The highest BCUT2D eigenvalue weighted by Gasteiger charge is 2.17. The molecule has 0 unspecified atom stereocenters. The van der Waals surface area contributed by atoms with Gasteiger partial charge in [-0.05, 0) is 29.9 Å². The maximum absolute atomic E-state index is 5.84. The molecule has 1 aliphatic rings. The number of hydrogen-bond acceptors (Lipinski definition) is 7. The van der Waals surface area contributed by atoms with Crippen molar-refractivity contribution in [3.8, 4) is 11.3 Å². The van der Waals surface area contributed by atoms with Crippen molar-refractivity contribution >= 4 is 23.7 Å². The summed E-state index contributed by atoms with van der Waals surface area (Å²) in [6.07, 6.45) is 4.71. The summed E-state index contributed by atoms with van der Waals surface area (Å²) in [6.45, 7) is 8.75. The van der Waals surface area contributed by atoms with E-state index in [1.807, 2.05) is 24.6 Å². The first-order valence-corrected chi connectivity index (χ1v) is 11.2. The molecule has 2 aromatic rings. The van der Waals surface area contributed by atoms with Crippen molar-refractivity contribution in [3.05, 3.63) is 53.7 Å². The number of fused-ring (bicyclic) bond motifs is 1. The number of nitrogens with one attached hydrogen (secondary N) is 2. The molecule has 8 nitrogen and oxygen atoms in total. The Hall–Kier alpha value is -2.46. The van der Waals surface area contributed by atoms with E-state index in [0.29, 0.717) is 11.8 Å². The van der Waals surface area contributed by atoms with Gasteiger partial charge in [0.05, 0.1) is 12.2 Å². The van der Waals surface area contributed by atoms with Crippen LogP contribution in [0.25, 0.3) is 11.3 Å². The number of rotatable bonds is 7. The Kier molecular flexibility index (Phi) is 7.81. The summed E-state index contributed by atoms with van der Waals surface area (Å²) >= 11 is 1.79. The van der Waals surface area contributed by atoms with Crippen LogP contribution in [0.3, 0.4) is 0 Å². The van der Waals surface area contributed by atoms with Crippen LogP contribution in [-0.2, 0) is 20.0 Å². The van der Waals surface area contributed by atoms with Gasteiger partial charge in [-0.2, -0.15) is 4.99 Å². The Morgan fingerprint density at radius 2 is 2.20 bits per heavy atom. The summed E-state index contributed by atoms with van der Waals surface area (Å²) in [5, 5.41) is 0. The third-order valence-corrected chi connectivity index (χ3v) is 5.76. The molecule has 9 heteroatoms. The van der Waals surface area contributed by atoms with Crippen molar-refractivity contribution in [2.45, 2.75) is 19.9 Å². The van der Waals surface area contributed by atoms with Crippen molar-refractivity contribution in [2.75, 3.05) is 25.9 Å². The van der Waals surface area contributed by atoms with Gasteiger partial charge in [0.15, 0.2) is 0 Å². The predicted molar refractivity (Wildman–Crippen MR) is 125 cm³/mol. The molecule has 0 aliphatic carbocycles. The first kappa shape index (κ1) is 22.2. The van der Waals surface area contributed by atoms with Crippen LogP contribution in [0, 0.1) is 0 Å². The topological polar surface area (TPSA) is 95.9 Å². The largest absolute Gasteiger partial charge is 0.324 e. The van der Waals surface area contributed by atoms with E-state index in [4.69, 9.17) is 10.7 Å². The van der Waals surface area contributed by atoms with Crippen LogP contribution in [0.15, 0.2) is 47.0 Å².